The maximum Gasteiger partial charge on any atom is 0.269 e. The van der Waals surface area contributed by atoms with Crippen LogP contribution in [0.5, 0.6) is 0 Å². The summed E-state index contributed by atoms with van der Waals surface area (Å²) in [5.41, 5.74) is 0.786. The van der Waals surface area contributed by atoms with Crippen molar-refractivity contribution in [2.24, 2.45) is 0 Å². The van der Waals surface area contributed by atoms with Crippen LogP contribution in [0.25, 0.3) is 21.8 Å². The Bertz CT molecular complexity index is 1140. The number of non-ortho nitro benzene ring substituents is 1. The number of benzene rings is 1. The molecule has 0 saturated heterocycles. The molecule has 0 fully saturated rings. The van der Waals surface area contributed by atoms with Crippen LogP contribution < -0.4 is 5.32 Å². The van der Waals surface area contributed by atoms with Crippen LogP contribution in [0.3, 0.4) is 0 Å². The van der Waals surface area contributed by atoms with E-state index >= 15 is 0 Å². The highest BCUT2D eigenvalue weighted by Crippen LogP contribution is 2.38. The number of nitrogens with zero attached hydrogens (tertiary/aromatic N) is 4. The average Bonchev–Trinajstić information content (AvgIpc) is 3.29. The van der Waals surface area contributed by atoms with E-state index in [1.54, 1.807) is 18.2 Å². The van der Waals surface area contributed by atoms with Crippen molar-refractivity contribution in [1.82, 2.24) is 15.1 Å². The number of hydrogen-bond donors (Lipinski definition) is 1. The summed E-state index contributed by atoms with van der Waals surface area (Å²) >= 11 is 7.90. The van der Waals surface area contributed by atoms with Gasteiger partial charge in [0.15, 0.2) is 0 Å². The molecule has 136 valence electrons. The second-order valence-electron chi connectivity index (χ2n) is 5.71. The van der Waals surface area contributed by atoms with Crippen molar-refractivity contribution >= 4 is 44.7 Å². The number of hydrogen-bond acceptors (Lipinski definition) is 8. The van der Waals surface area contributed by atoms with Crippen molar-refractivity contribution < 1.29 is 9.45 Å². The number of nitrogens with one attached hydrogen (secondary N) is 1. The molecule has 0 aliphatic carbocycles. The minimum Gasteiger partial charge on any atom is -0.365 e. The Balaban J connectivity index is 1.73. The Morgan fingerprint density at radius 2 is 2.19 bits per heavy atom. The summed E-state index contributed by atoms with van der Waals surface area (Å²) < 4.78 is 5.16. The summed E-state index contributed by atoms with van der Waals surface area (Å²) in [6, 6.07) is 8.09. The van der Waals surface area contributed by atoms with Gasteiger partial charge in [0, 0.05) is 29.6 Å². The lowest BCUT2D eigenvalue weighted by Crippen LogP contribution is -2.04. The number of aryl methyl sites for hydroxylation is 1. The molecular weight excluding hydrogens is 390 g/mol. The highest BCUT2D eigenvalue weighted by atomic mass is 35.5. The van der Waals surface area contributed by atoms with Gasteiger partial charge in [-0.3, -0.25) is 10.1 Å². The van der Waals surface area contributed by atoms with Crippen LogP contribution in [0.15, 0.2) is 41.1 Å². The van der Waals surface area contributed by atoms with E-state index in [1.807, 2.05) is 6.92 Å². The molecule has 27 heavy (non-hydrogen) atoms. The normalized spacial score (nSPS) is 11.0. The van der Waals surface area contributed by atoms with E-state index in [0.717, 1.165) is 15.3 Å². The fraction of sp³-hybridized carbons (Fsp3) is 0.118. The summed E-state index contributed by atoms with van der Waals surface area (Å²) in [5, 5.41) is 19.2. The summed E-state index contributed by atoms with van der Waals surface area (Å²) in [7, 11) is 0. The number of aromatic nitrogens is 3. The molecule has 4 aromatic rings. The number of fused-ring (bicyclic) bond motifs is 1. The van der Waals surface area contributed by atoms with Gasteiger partial charge in [0.1, 0.15) is 10.6 Å². The van der Waals surface area contributed by atoms with Crippen LogP contribution in [0, 0.1) is 17.0 Å². The van der Waals surface area contributed by atoms with Gasteiger partial charge in [0.2, 0.25) is 11.6 Å². The van der Waals surface area contributed by atoms with E-state index in [0.29, 0.717) is 34.4 Å². The molecule has 0 radical (unpaired) electrons. The van der Waals surface area contributed by atoms with Crippen LogP contribution in [0.1, 0.15) is 10.4 Å². The molecular formula is C17H12ClN5O3S. The van der Waals surface area contributed by atoms with Gasteiger partial charge < -0.3 is 9.84 Å². The van der Waals surface area contributed by atoms with Gasteiger partial charge in [-0.05, 0) is 12.5 Å². The van der Waals surface area contributed by atoms with Gasteiger partial charge in [-0.2, -0.15) is 0 Å². The highest BCUT2D eigenvalue weighted by molar-refractivity contribution is 7.19. The lowest BCUT2D eigenvalue weighted by atomic mass is 10.2. The largest absolute Gasteiger partial charge is 0.365 e. The number of nitro benzene ring substituents is 1. The number of anilines is 1. The molecule has 0 bridgehead atoms. The van der Waals surface area contributed by atoms with Gasteiger partial charge in [-0.15, -0.1) is 11.3 Å². The van der Waals surface area contributed by atoms with Gasteiger partial charge in [-0.1, -0.05) is 28.9 Å². The van der Waals surface area contributed by atoms with Crippen LogP contribution in [0.2, 0.25) is 5.02 Å². The summed E-state index contributed by atoms with van der Waals surface area (Å²) in [6.45, 7) is 2.25. The lowest BCUT2D eigenvalue weighted by Gasteiger charge is -2.09. The number of nitro groups is 1. The lowest BCUT2D eigenvalue weighted by molar-refractivity contribution is -0.384. The smallest absolute Gasteiger partial charge is 0.269 e. The third kappa shape index (κ3) is 3.34. The Morgan fingerprint density at radius 3 is 2.93 bits per heavy atom. The van der Waals surface area contributed by atoms with E-state index in [-0.39, 0.29) is 5.69 Å². The zero-order valence-electron chi connectivity index (χ0n) is 14.0. The van der Waals surface area contributed by atoms with Crippen LogP contribution in [-0.2, 0) is 6.54 Å². The third-order valence-electron chi connectivity index (χ3n) is 3.89. The third-order valence-corrected chi connectivity index (χ3v) is 5.48. The standard InChI is InChI=1S/C17H12ClN5O3S/c1-9-14(18)13-16(19-8-10-3-2-4-11(7-10)23(24)25)21-15(22-17(13)27-9)12-5-6-20-26-12/h2-7H,8H2,1H3,(H,19,21,22). The van der Waals surface area contributed by atoms with E-state index in [9.17, 15) is 10.1 Å². The first-order valence-electron chi connectivity index (χ1n) is 7.88. The van der Waals surface area contributed by atoms with E-state index in [4.69, 9.17) is 16.1 Å². The molecule has 3 heterocycles. The molecule has 10 heteroatoms. The summed E-state index contributed by atoms with van der Waals surface area (Å²) in [5.74, 6) is 1.36. The second kappa shape index (κ2) is 6.93. The van der Waals surface area contributed by atoms with Crippen LogP contribution >= 0.6 is 22.9 Å². The van der Waals surface area contributed by atoms with E-state index in [2.05, 4.69) is 20.4 Å². The predicted molar refractivity (Wildman–Crippen MR) is 103 cm³/mol. The zero-order valence-corrected chi connectivity index (χ0v) is 15.5. The number of halogens is 1. The summed E-state index contributed by atoms with van der Waals surface area (Å²) in [4.78, 5) is 21.2. The van der Waals surface area contributed by atoms with Crippen molar-refractivity contribution in [1.29, 1.82) is 0 Å². The van der Waals surface area contributed by atoms with E-state index < -0.39 is 4.92 Å². The maximum absolute atomic E-state index is 11.0. The zero-order chi connectivity index (χ0) is 19.0. The predicted octanol–water partition coefficient (Wildman–Crippen LogP) is 4.83. The first kappa shape index (κ1) is 17.4. The van der Waals surface area contributed by atoms with Crippen LogP contribution in [-0.4, -0.2) is 20.0 Å². The van der Waals surface area contributed by atoms with Crippen LogP contribution in [0.4, 0.5) is 11.5 Å². The first-order valence-corrected chi connectivity index (χ1v) is 9.07. The quantitative estimate of drug-likeness (QED) is 0.377. The molecule has 0 aliphatic heterocycles. The summed E-state index contributed by atoms with van der Waals surface area (Å²) in [6.07, 6.45) is 1.52. The SMILES string of the molecule is Cc1sc2nc(-c3ccno3)nc(NCc3cccc([N+](=O)[O-])c3)c2c1Cl. The Labute approximate surface area is 162 Å². The molecule has 4 rings (SSSR count). The van der Waals surface area contributed by atoms with Gasteiger partial charge in [-0.25, -0.2) is 9.97 Å². The minimum absolute atomic E-state index is 0.0360. The molecule has 3 aromatic heterocycles. The molecule has 8 nitrogen and oxygen atoms in total. The minimum atomic E-state index is -0.423. The molecule has 0 saturated carbocycles. The Morgan fingerprint density at radius 1 is 1.33 bits per heavy atom. The molecule has 0 aliphatic rings. The molecule has 0 atom stereocenters. The highest BCUT2D eigenvalue weighted by Gasteiger charge is 2.18. The number of rotatable bonds is 5. The maximum atomic E-state index is 11.0. The molecule has 0 spiro atoms. The van der Waals surface area contributed by atoms with Crippen molar-refractivity contribution in [2.75, 3.05) is 5.32 Å². The first-order chi connectivity index (χ1) is 13.0. The van der Waals surface area contributed by atoms with Crippen molar-refractivity contribution in [3.8, 4) is 11.6 Å². The monoisotopic (exact) mass is 401 g/mol. The molecule has 1 N–H and O–H groups in total. The molecule has 1 aromatic carbocycles. The van der Waals surface area contributed by atoms with Gasteiger partial charge >= 0.3 is 0 Å². The van der Waals surface area contributed by atoms with Crippen molar-refractivity contribution in [3.05, 3.63) is 62.1 Å². The van der Waals surface area contributed by atoms with Gasteiger partial charge in [0.05, 0.1) is 21.5 Å². The topological polar surface area (TPSA) is 107 Å². The average molecular weight is 402 g/mol. The van der Waals surface area contributed by atoms with Crippen molar-refractivity contribution in [2.45, 2.75) is 13.5 Å². The molecule has 0 amide bonds. The molecule has 0 unspecified atom stereocenters. The van der Waals surface area contributed by atoms with E-state index in [1.165, 1.54) is 29.7 Å². The fourth-order valence-electron chi connectivity index (χ4n) is 2.61. The Hall–Kier alpha value is -3.04. The fourth-order valence-corrected chi connectivity index (χ4v) is 3.88. The van der Waals surface area contributed by atoms with Crippen molar-refractivity contribution in [3.63, 3.8) is 0 Å². The number of thiophene rings is 1. The second-order valence-corrected chi connectivity index (χ2v) is 7.29. The Kier molecular flexibility index (Phi) is 4.46. The van der Waals surface area contributed by atoms with Gasteiger partial charge in [0.25, 0.3) is 5.69 Å².